The van der Waals surface area contributed by atoms with Crippen molar-refractivity contribution < 1.29 is 24.3 Å². The summed E-state index contributed by atoms with van der Waals surface area (Å²) in [6, 6.07) is -0.867. The Morgan fingerprint density at radius 3 is 2.29 bits per heavy atom. The molecular formula is C14H27N5O5. The van der Waals surface area contributed by atoms with Crippen molar-refractivity contribution in [2.45, 2.75) is 32.2 Å². The Balaban J connectivity index is 4.39. The summed E-state index contributed by atoms with van der Waals surface area (Å²) in [6.45, 7) is 2.25. The van der Waals surface area contributed by atoms with Crippen LogP contribution in [0, 0.1) is 0 Å². The molecule has 0 aromatic heterocycles. The van der Waals surface area contributed by atoms with Gasteiger partial charge in [0.2, 0.25) is 17.7 Å². The highest BCUT2D eigenvalue weighted by Gasteiger charge is 2.20. The number of hydrogen-bond acceptors (Lipinski definition) is 6. The molecule has 1 atom stereocenters. The molecule has 24 heavy (non-hydrogen) atoms. The summed E-state index contributed by atoms with van der Waals surface area (Å²) >= 11 is 0. The van der Waals surface area contributed by atoms with Crippen LogP contribution in [0.4, 0.5) is 0 Å². The Morgan fingerprint density at radius 2 is 1.71 bits per heavy atom. The van der Waals surface area contributed by atoms with E-state index in [0.717, 1.165) is 0 Å². The van der Waals surface area contributed by atoms with Crippen LogP contribution in [0.5, 0.6) is 0 Å². The highest BCUT2D eigenvalue weighted by atomic mass is 16.4. The van der Waals surface area contributed by atoms with Crippen molar-refractivity contribution in [1.29, 1.82) is 0 Å². The van der Waals surface area contributed by atoms with Gasteiger partial charge in [0.05, 0.1) is 13.1 Å². The average Bonchev–Trinajstić information content (AvgIpc) is 2.55. The first-order chi connectivity index (χ1) is 11.4. The molecule has 7 N–H and O–H groups in total. The van der Waals surface area contributed by atoms with Crippen LogP contribution in [0.3, 0.4) is 0 Å². The van der Waals surface area contributed by atoms with E-state index < -0.39 is 30.4 Å². The van der Waals surface area contributed by atoms with Crippen LogP contribution in [0.1, 0.15) is 26.2 Å². The van der Waals surface area contributed by atoms with Crippen molar-refractivity contribution in [3.63, 3.8) is 0 Å². The molecule has 0 aliphatic heterocycles. The zero-order chi connectivity index (χ0) is 18.4. The number of carboxylic acid groups (broad SMARTS) is 1. The molecule has 0 aromatic carbocycles. The SMILES string of the molecule is CCNCC(=O)NCC(=O)NC(CCCCN)C(=O)NCC(=O)O. The lowest BCUT2D eigenvalue weighted by atomic mass is 10.1. The fourth-order valence-electron chi connectivity index (χ4n) is 1.77. The molecule has 10 heteroatoms. The number of carboxylic acids is 1. The first-order valence-electron chi connectivity index (χ1n) is 7.87. The predicted molar refractivity (Wildman–Crippen MR) is 87.0 cm³/mol. The smallest absolute Gasteiger partial charge is 0.322 e. The minimum absolute atomic E-state index is 0.100. The molecule has 1 unspecified atom stereocenters. The summed E-state index contributed by atoms with van der Waals surface area (Å²) in [4.78, 5) is 45.7. The zero-order valence-electron chi connectivity index (χ0n) is 13.9. The van der Waals surface area contributed by atoms with Crippen molar-refractivity contribution in [3.8, 4) is 0 Å². The van der Waals surface area contributed by atoms with Crippen molar-refractivity contribution in [1.82, 2.24) is 21.3 Å². The van der Waals surface area contributed by atoms with E-state index in [0.29, 0.717) is 32.4 Å². The standard InChI is InChI=1S/C14H27N5O5/c1-2-16-7-11(20)17-8-12(21)19-10(5-3-4-6-15)14(24)18-9-13(22)23/h10,16H,2-9,15H2,1H3,(H,17,20)(H,18,24)(H,19,21)(H,22,23). The average molecular weight is 345 g/mol. The summed E-state index contributed by atoms with van der Waals surface area (Å²) < 4.78 is 0. The maximum atomic E-state index is 11.9. The van der Waals surface area contributed by atoms with Crippen LogP contribution in [0.15, 0.2) is 0 Å². The lowest BCUT2D eigenvalue weighted by Gasteiger charge is -2.18. The van der Waals surface area contributed by atoms with Crippen LogP contribution >= 0.6 is 0 Å². The van der Waals surface area contributed by atoms with E-state index in [9.17, 15) is 19.2 Å². The maximum Gasteiger partial charge on any atom is 0.322 e. The third kappa shape index (κ3) is 11.4. The molecule has 138 valence electrons. The predicted octanol–water partition coefficient (Wildman–Crippen LogP) is -2.47. The summed E-state index contributed by atoms with van der Waals surface area (Å²) in [7, 11) is 0. The largest absolute Gasteiger partial charge is 0.480 e. The third-order valence-electron chi connectivity index (χ3n) is 2.99. The number of nitrogens with two attached hydrogens (primary N) is 1. The molecule has 0 aliphatic carbocycles. The number of carbonyl (C=O) groups is 4. The first kappa shape index (κ1) is 21.8. The van der Waals surface area contributed by atoms with Crippen molar-refractivity contribution in [2.75, 3.05) is 32.7 Å². The van der Waals surface area contributed by atoms with Crippen LogP contribution in [0.25, 0.3) is 0 Å². The molecule has 0 radical (unpaired) electrons. The number of hydrogen-bond donors (Lipinski definition) is 6. The molecular weight excluding hydrogens is 318 g/mol. The number of aliphatic carboxylic acids is 1. The number of amides is 3. The van der Waals surface area contributed by atoms with Gasteiger partial charge in [-0.05, 0) is 32.4 Å². The molecule has 0 aliphatic rings. The normalized spacial score (nSPS) is 11.4. The lowest BCUT2D eigenvalue weighted by molar-refractivity contribution is -0.138. The quantitative estimate of drug-likeness (QED) is 0.201. The summed E-state index contributed by atoms with van der Waals surface area (Å²) in [5.41, 5.74) is 5.39. The molecule has 10 nitrogen and oxygen atoms in total. The molecule has 0 heterocycles. The molecule has 0 bridgehead atoms. The minimum Gasteiger partial charge on any atom is -0.480 e. The van der Waals surface area contributed by atoms with Gasteiger partial charge in [-0.25, -0.2) is 0 Å². The van der Waals surface area contributed by atoms with Crippen molar-refractivity contribution >= 4 is 23.7 Å². The van der Waals surface area contributed by atoms with Gasteiger partial charge in [0.25, 0.3) is 0 Å². The monoisotopic (exact) mass is 345 g/mol. The topological polar surface area (TPSA) is 163 Å². The Kier molecular flexibility index (Phi) is 12.0. The molecule has 0 spiro atoms. The molecule has 0 saturated carbocycles. The second-order valence-electron chi connectivity index (χ2n) is 5.07. The first-order valence-corrected chi connectivity index (χ1v) is 7.87. The van der Waals surface area contributed by atoms with E-state index >= 15 is 0 Å². The van der Waals surface area contributed by atoms with Gasteiger partial charge in [-0.15, -0.1) is 0 Å². The second kappa shape index (κ2) is 13.3. The van der Waals surface area contributed by atoms with Gasteiger partial charge in [-0.3, -0.25) is 19.2 Å². The Bertz CT molecular complexity index is 430. The van der Waals surface area contributed by atoms with Gasteiger partial charge < -0.3 is 32.1 Å². The van der Waals surface area contributed by atoms with E-state index in [1.165, 1.54) is 0 Å². The molecule has 0 saturated heterocycles. The Morgan fingerprint density at radius 1 is 1.00 bits per heavy atom. The molecule has 0 fully saturated rings. The number of rotatable bonds is 13. The van der Waals surface area contributed by atoms with E-state index in [1.54, 1.807) is 0 Å². The van der Waals surface area contributed by atoms with E-state index in [4.69, 9.17) is 10.8 Å². The number of carbonyl (C=O) groups excluding carboxylic acids is 3. The van der Waals surface area contributed by atoms with Gasteiger partial charge in [-0.2, -0.15) is 0 Å². The molecule has 0 rings (SSSR count). The maximum absolute atomic E-state index is 11.9. The second-order valence-corrected chi connectivity index (χ2v) is 5.07. The van der Waals surface area contributed by atoms with Crippen LogP contribution in [0.2, 0.25) is 0 Å². The highest BCUT2D eigenvalue weighted by molar-refractivity contribution is 5.91. The zero-order valence-corrected chi connectivity index (χ0v) is 13.9. The Hall–Kier alpha value is -2.20. The van der Waals surface area contributed by atoms with Crippen LogP contribution < -0.4 is 27.0 Å². The van der Waals surface area contributed by atoms with Gasteiger partial charge in [0.15, 0.2) is 0 Å². The van der Waals surface area contributed by atoms with E-state index in [2.05, 4.69) is 21.3 Å². The fourth-order valence-corrected chi connectivity index (χ4v) is 1.77. The molecule has 3 amide bonds. The minimum atomic E-state index is -1.17. The third-order valence-corrected chi connectivity index (χ3v) is 2.99. The number of likely N-dealkylation sites (N-methyl/N-ethyl adjacent to an activating group) is 1. The van der Waals surface area contributed by atoms with Crippen LogP contribution in [-0.4, -0.2) is 67.6 Å². The van der Waals surface area contributed by atoms with E-state index in [-0.39, 0.29) is 19.0 Å². The fraction of sp³-hybridized carbons (Fsp3) is 0.714. The summed E-state index contributed by atoms with van der Waals surface area (Å²) in [5, 5.41) is 18.5. The van der Waals surface area contributed by atoms with E-state index in [1.807, 2.05) is 6.92 Å². The molecule has 0 aromatic rings. The van der Waals surface area contributed by atoms with Gasteiger partial charge in [0, 0.05) is 0 Å². The lowest BCUT2D eigenvalue weighted by Crippen LogP contribution is -2.50. The van der Waals surface area contributed by atoms with Gasteiger partial charge in [0.1, 0.15) is 12.6 Å². The highest BCUT2D eigenvalue weighted by Crippen LogP contribution is 2.00. The van der Waals surface area contributed by atoms with Crippen LogP contribution in [-0.2, 0) is 19.2 Å². The van der Waals surface area contributed by atoms with Crippen molar-refractivity contribution in [3.05, 3.63) is 0 Å². The Labute approximate surface area is 140 Å². The van der Waals surface area contributed by atoms with Gasteiger partial charge in [-0.1, -0.05) is 6.92 Å². The summed E-state index contributed by atoms with van der Waals surface area (Å²) in [6.07, 6.45) is 1.62. The number of unbranched alkanes of at least 4 members (excludes halogenated alkanes) is 1. The summed E-state index contributed by atoms with van der Waals surface area (Å²) in [5.74, 6) is -2.61. The van der Waals surface area contributed by atoms with Crippen molar-refractivity contribution in [2.24, 2.45) is 5.73 Å². The number of nitrogens with one attached hydrogen (secondary N) is 4. The van der Waals surface area contributed by atoms with Gasteiger partial charge >= 0.3 is 5.97 Å².